The summed E-state index contributed by atoms with van der Waals surface area (Å²) in [5, 5.41) is 0. The molecule has 2 aromatic carbocycles. The summed E-state index contributed by atoms with van der Waals surface area (Å²) in [4.78, 5) is 32.6. The number of amides is 1. The third-order valence-electron chi connectivity index (χ3n) is 6.86. The normalized spacial score (nSPS) is 15.5. The Morgan fingerprint density at radius 3 is 2.59 bits per heavy atom. The smallest absolute Gasteiger partial charge is 0.253 e. The highest BCUT2D eigenvalue weighted by atomic mass is 16.6. The number of pyridine rings is 1. The molecule has 0 N–H and O–H groups in total. The Bertz CT molecular complexity index is 1420. The van der Waals surface area contributed by atoms with Gasteiger partial charge in [-0.2, -0.15) is 0 Å². The number of carbonyl (C=O) groups is 2. The number of ketones is 1. The molecule has 188 valence electrons. The fourth-order valence-corrected chi connectivity index (χ4v) is 4.89. The molecule has 0 atom stereocenters. The fraction of sp³-hybridized carbons (Fsp3) is 0.276. The second kappa shape index (κ2) is 9.97. The minimum Gasteiger partial charge on any atom is -0.487 e. The lowest BCUT2D eigenvalue weighted by molar-refractivity contribution is 0.0650. The number of imidazole rings is 1. The van der Waals surface area contributed by atoms with Gasteiger partial charge in [0.25, 0.3) is 5.91 Å². The number of carbonyl (C=O) groups excluding carboxylic acids is 2. The van der Waals surface area contributed by atoms with Crippen LogP contribution in [0.3, 0.4) is 0 Å². The van der Waals surface area contributed by atoms with E-state index in [0.717, 1.165) is 11.3 Å². The molecule has 0 saturated carbocycles. The first kappa shape index (κ1) is 23.1. The molecule has 6 rings (SSSR count). The summed E-state index contributed by atoms with van der Waals surface area (Å²) in [6.07, 6.45) is 5.13. The number of rotatable bonds is 6. The lowest BCUT2D eigenvalue weighted by atomic mass is 9.88. The van der Waals surface area contributed by atoms with Gasteiger partial charge in [0, 0.05) is 42.5 Å². The van der Waals surface area contributed by atoms with E-state index >= 15 is 0 Å². The maximum Gasteiger partial charge on any atom is 0.253 e. The van der Waals surface area contributed by atoms with Crippen LogP contribution in [-0.2, 0) is 6.61 Å². The molecule has 4 heterocycles. The van der Waals surface area contributed by atoms with Crippen molar-refractivity contribution in [2.75, 3.05) is 26.3 Å². The maximum absolute atomic E-state index is 13.2. The molecule has 1 fully saturated rings. The lowest BCUT2D eigenvalue weighted by Crippen LogP contribution is -2.40. The molecular weight excluding hydrogens is 470 g/mol. The number of hydrogen-bond acceptors (Lipinski definition) is 6. The highest BCUT2D eigenvalue weighted by molar-refractivity contribution is 5.99. The number of hydrogen-bond donors (Lipinski definition) is 0. The second-order valence-corrected chi connectivity index (χ2v) is 9.30. The largest absolute Gasteiger partial charge is 0.487 e. The molecule has 4 aromatic rings. The number of ether oxygens (including phenoxy) is 3. The van der Waals surface area contributed by atoms with Gasteiger partial charge in [-0.3, -0.25) is 9.59 Å². The Hall–Kier alpha value is -4.33. The van der Waals surface area contributed by atoms with E-state index in [9.17, 15) is 9.59 Å². The molecule has 0 unspecified atom stereocenters. The van der Waals surface area contributed by atoms with Gasteiger partial charge in [-0.15, -0.1) is 0 Å². The highest BCUT2D eigenvalue weighted by Gasteiger charge is 2.29. The van der Waals surface area contributed by atoms with Gasteiger partial charge in [0.15, 0.2) is 17.3 Å². The van der Waals surface area contributed by atoms with Crippen LogP contribution < -0.4 is 14.2 Å². The van der Waals surface area contributed by atoms with Crippen molar-refractivity contribution < 1.29 is 23.8 Å². The maximum atomic E-state index is 13.2. The van der Waals surface area contributed by atoms with Crippen LogP contribution in [-0.4, -0.2) is 52.3 Å². The van der Waals surface area contributed by atoms with Gasteiger partial charge in [0.1, 0.15) is 31.2 Å². The van der Waals surface area contributed by atoms with Crippen LogP contribution in [0.1, 0.15) is 39.3 Å². The molecule has 2 aliphatic heterocycles. The van der Waals surface area contributed by atoms with Crippen LogP contribution in [0.2, 0.25) is 0 Å². The Labute approximate surface area is 214 Å². The van der Waals surface area contributed by atoms with Crippen molar-refractivity contribution in [3.05, 3.63) is 89.9 Å². The Morgan fingerprint density at radius 1 is 0.919 bits per heavy atom. The molecule has 8 heteroatoms. The van der Waals surface area contributed by atoms with E-state index in [-0.39, 0.29) is 17.6 Å². The second-order valence-electron chi connectivity index (χ2n) is 9.30. The molecule has 1 amide bonds. The summed E-state index contributed by atoms with van der Waals surface area (Å²) in [7, 11) is 0. The molecule has 37 heavy (non-hydrogen) atoms. The van der Waals surface area contributed by atoms with E-state index < -0.39 is 0 Å². The Balaban J connectivity index is 1.06. The molecule has 0 aliphatic carbocycles. The molecule has 1 saturated heterocycles. The average molecular weight is 498 g/mol. The summed E-state index contributed by atoms with van der Waals surface area (Å²) in [5.41, 5.74) is 2.88. The zero-order valence-corrected chi connectivity index (χ0v) is 20.3. The van der Waals surface area contributed by atoms with Crippen LogP contribution in [0.15, 0.2) is 73.1 Å². The first-order valence-electron chi connectivity index (χ1n) is 12.5. The number of Topliss-reactive ketones (excluding diaryl/α,β-unsaturated/α-hetero) is 1. The minimum absolute atomic E-state index is 0.0524. The molecule has 2 aromatic heterocycles. The topological polar surface area (TPSA) is 82.4 Å². The van der Waals surface area contributed by atoms with Crippen LogP contribution in [0.5, 0.6) is 17.2 Å². The number of likely N-dealkylation sites (tertiary alicyclic amines) is 1. The van der Waals surface area contributed by atoms with Crippen molar-refractivity contribution in [1.29, 1.82) is 0 Å². The zero-order chi connectivity index (χ0) is 25.2. The Morgan fingerprint density at radius 2 is 1.76 bits per heavy atom. The molecule has 8 nitrogen and oxygen atoms in total. The number of fused-ring (bicyclic) bond motifs is 2. The summed E-state index contributed by atoms with van der Waals surface area (Å²) < 4.78 is 19.0. The Kier molecular flexibility index (Phi) is 6.22. The number of piperidine rings is 1. The number of nitrogens with zero attached hydrogens (tertiary/aromatic N) is 3. The molecular formula is C29H27N3O5. The highest BCUT2D eigenvalue weighted by Crippen LogP contribution is 2.33. The van der Waals surface area contributed by atoms with Crippen LogP contribution in [0.25, 0.3) is 5.65 Å². The number of aromatic nitrogens is 2. The van der Waals surface area contributed by atoms with Gasteiger partial charge < -0.3 is 23.5 Å². The summed E-state index contributed by atoms with van der Waals surface area (Å²) in [6.45, 7) is 2.38. The van der Waals surface area contributed by atoms with E-state index in [1.165, 1.54) is 0 Å². The first-order chi connectivity index (χ1) is 18.1. The van der Waals surface area contributed by atoms with Crippen LogP contribution in [0, 0.1) is 5.92 Å². The lowest BCUT2D eigenvalue weighted by Gasteiger charge is -2.31. The van der Waals surface area contributed by atoms with Crippen molar-refractivity contribution in [1.82, 2.24) is 14.3 Å². The molecule has 0 spiro atoms. The van der Waals surface area contributed by atoms with Crippen molar-refractivity contribution in [3.8, 4) is 17.2 Å². The standard InChI is InChI=1S/C29H27N3O5/c33-28(21-7-8-25-26(17-21)36-15-14-35-25)20-9-12-31(13-10-20)29(34)22-4-3-5-24(16-22)37-19-23-18-32-11-2-1-6-27(32)30-23/h1-8,11,16-18,20H,9-10,12-15,19H2. The fourth-order valence-electron chi connectivity index (χ4n) is 4.89. The van der Waals surface area contributed by atoms with Gasteiger partial charge in [-0.25, -0.2) is 4.98 Å². The van der Waals surface area contributed by atoms with Crippen molar-refractivity contribution in [3.63, 3.8) is 0 Å². The van der Waals surface area contributed by atoms with Crippen LogP contribution >= 0.6 is 0 Å². The monoisotopic (exact) mass is 497 g/mol. The summed E-state index contributed by atoms with van der Waals surface area (Å²) in [6, 6.07) is 18.4. The van der Waals surface area contributed by atoms with Crippen molar-refractivity contribution in [2.45, 2.75) is 19.4 Å². The van der Waals surface area contributed by atoms with Gasteiger partial charge in [0.2, 0.25) is 0 Å². The van der Waals surface area contributed by atoms with Crippen LogP contribution in [0.4, 0.5) is 0 Å². The minimum atomic E-state index is -0.119. The predicted octanol–water partition coefficient (Wildman–Crippen LogP) is 4.42. The first-order valence-corrected chi connectivity index (χ1v) is 12.5. The van der Waals surface area contributed by atoms with E-state index in [2.05, 4.69) is 4.98 Å². The quantitative estimate of drug-likeness (QED) is 0.367. The van der Waals surface area contributed by atoms with Gasteiger partial charge in [-0.1, -0.05) is 12.1 Å². The predicted molar refractivity (Wildman–Crippen MR) is 136 cm³/mol. The molecule has 2 aliphatic rings. The van der Waals surface area contributed by atoms with E-state index in [4.69, 9.17) is 14.2 Å². The van der Waals surface area contributed by atoms with E-state index in [0.29, 0.717) is 74.1 Å². The van der Waals surface area contributed by atoms with Gasteiger partial charge in [-0.05, 0) is 61.4 Å². The van der Waals surface area contributed by atoms with Gasteiger partial charge in [0.05, 0.1) is 5.69 Å². The zero-order valence-electron chi connectivity index (χ0n) is 20.3. The SMILES string of the molecule is O=C(c1ccc2c(c1)OCCO2)C1CCN(C(=O)c2cccc(OCc3cn4ccccc4n3)c2)CC1. The third kappa shape index (κ3) is 4.87. The van der Waals surface area contributed by atoms with Gasteiger partial charge >= 0.3 is 0 Å². The summed E-state index contributed by atoms with van der Waals surface area (Å²) in [5.74, 6) is 1.83. The number of benzene rings is 2. The van der Waals surface area contributed by atoms with E-state index in [1.54, 1.807) is 30.3 Å². The third-order valence-corrected chi connectivity index (χ3v) is 6.86. The van der Waals surface area contributed by atoms with E-state index in [1.807, 2.05) is 52.0 Å². The average Bonchev–Trinajstić information content (AvgIpc) is 3.38. The molecule has 0 bridgehead atoms. The van der Waals surface area contributed by atoms with Crippen molar-refractivity contribution >= 4 is 17.3 Å². The summed E-state index contributed by atoms with van der Waals surface area (Å²) >= 11 is 0. The van der Waals surface area contributed by atoms with Crippen molar-refractivity contribution in [2.24, 2.45) is 5.92 Å². The molecule has 0 radical (unpaired) electrons.